The third-order valence-electron chi connectivity index (χ3n) is 3.39. The Kier molecular flexibility index (Phi) is 5.59. The molecule has 0 aromatic heterocycles. The summed E-state index contributed by atoms with van der Waals surface area (Å²) in [6, 6.07) is 12.6. The number of nitrogens with one attached hydrogen (secondary N) is 1. The average Bonchev–Trinajstić information content (AvgIpc) is 2.48. The van der Waals surface area contributed by atoms with Crippen LogP contribution in [-0.2, 0) is 6.42 Å². The predicted molar refractivity (Wildman–Crippen MR) is 84.5 cm³/mol. The maximum absolute atomic E-state index is 13.9. The molecule has 0 saturated carbocycles. The van der Waals surface area contributed by atoms with Crippen LogP contribution in [0.2, 0.25) is 5.02 Å². The molecule has 21 heavy (non-hydrogen) atoms. The van der Waals surface area contributed by atoms with Crippen molar-refractivity contribution in [3.05, 3.63) is 64.4 Å². The lowest BCUT2D eigenvalue weighted by Crippen LogP contribution is -2.19. The predicted octanol–water partition coefficient (Wildman–Crippen LogP) is 4.38. The Hall–Kier alpha value is -1.58. The first kappa shape index (κ1) is 15.8. The maximum Gasteiger partial charge on any atom is 0.127 e. The molecule has 0 amide bonds. The number of ether oxygens (including phenoxy) is 1. The number of rotatable bonds is 6. The van der Waals surface area contributed by atoms with Gasteiger partial charge in [-0.05, 0) is 50.2 Å². The zero-order valence-electron chi connectivity index (χ0n) is 12.2. The third kappa shape index (κ3) is 3.96. The van der Waals surface area contributed by atoms with Crippen molar-refractivity contribution < 1.29 is 9.13 Å². The quantitative estimate of drug-likeness (QED) is 0.855. The van der Waals surface area contributed by atoms with E-state index in [2.05, 4.69) is 5.32 Å². The zero-order chi connectivity index (χ0) is 15.2. The normalized spacial score (nSPS) is 12.2. The molecule has 2 aromatic carbocycles. The minimum Gasteiger partial charge on any atom is -0.494 e. The second-order valence-corrected chi connectivity index (χ2v) is 5.16. The van der Waals surface area contributed by atoms with Crippen LogP contribution in [-0.4, -0.2) is 13.7 Å². The molecule has 0 aliphatic rings. The van der Waals surface area contributed by atoms with Crippen LogP contribution in [0, 0.1) is 5.82 Å². The van der Waals surface area contributed by atoms with Crippen molar-refractivity contribution in [3.8, 4) is 5.75 Å². The first-order valence-electron chi connectivity index (χ1n) is 6.98. The van der Waals surface area contributed by atoms with Crippen molar-refractivity contribution in [1.29, 1.82) is 0 Å². The minimum absolute atomic E-state index is 0.0280. The highest BCUT2D eigenvalue weighted by atomic mass is 35.5. The maximum atomic E-state index is 13.9. The van der Waals surface area contributed by atoms with Crippen molar-refractivity contribution in [1.82, 2.24) is 5.32 Å². The molecule has 1 unspecified atom stereocenters. The van der Waals surface area contributed by atoms with Crippen LogP contribution in [0.4, 0.5) is 4.39 Å². The van der Waals surface area contributed by atoms with E-state index >= 15 is 0 Å². The summed E-state index contributed by atoms with van der Waals surface area (Å²) in [6.07, 6.45) is 0.484. The lowest BCUT2D eigenvalue weighted by molar-refractivity contribution is 0.339. The van der Waals surface area contributed by atoms with E-state index in [9.17, 15) is 4.39 Å². The highest BCUT2D eigenvalue weighted by molar-refractivity contribution is 6.31. The van der Waals surface area contributed by atoms with E-state index in [0.717, 1.165) is 11.3 Å². The molecule has 0 aliphatic heterocycles. The molecule has 112 valence electrons. The summed E-state index contributed by atoms with van der Waals surface area (Å²) in [5, 5.41) is 3.66. The summed E-state index contributed by atoms with van der Waals surface area (Å²) in [7, 11) is 1.85. The Bertz CT molecular complexity index is 583. The topological polar surface area (TPSA) is 21.3 Å². The van der Waals surface area contributed by atoms with E-state index in [4.69, 9.17) is 16.3 Å². The van der Waals surface area contributed by atoms with Gasteiger partial charge in [-0.3, -0.25) is 0 Å². The van der Waals surface area contributed by atoms with Gasteiger partial charge in [-0.2, -0.15) is 0 Å². The number of benzene rings is 2. The van der Waals surface area contributed by atoms with Gasteiger partial charge in [0.15, 0.2) is 0 Å². The van der Waals surface area contributed by atoms with E-state index in [0.29, 0.717) is 23.6 Å². The molecule has 0 aliphatic carbocycles. The molecule has 4 heteroatoms. The molecule has 0 fully saturated rings. The fourth-order valence-electron chi connectivity index (χ4n) is 2.31. The van der Waals surface area contributed by atoms with Gasteiger partial charge >= 0.3 is 0 Å². The lowest BCUT2D eigenvalue weighted by Gasteiger charge is -2.19. The van der Waals surface area contributed by atoms with E-state index < -0.39 is 0 Å². The Balaban J connectivity index is 2.26. The van der Waals surface area contributed by atoms with E-state index in [1.54, 1.807) is 12.1 Å². The van der Waals surface area contributed by atoms with Crippen LogP contribution in [0.25, 0.3) is 0 Å². The van der Waals surface area contributed by atoms with E-state index in [1.165, 1.54) is 6.07 Å². The molecule has 0 radical (unpaired) electrons. The van der Waals surface area contributed by atoms with E-state index in [-0.39, 0.29) is 11.9 Å². The van der Waals surface area contributed by atoms with Crippen molar-refractivity contribution in [3.63, 3.8) is 0 Å². The Labute approximate surface area is 129 Å². The second-order valence-electron chi connectivity index (χ2n) is 4.75. The number of likely N-dealkylation sites (N-methyl/N-ethyl adjacent to an activating group) is 1. The Morgan fingerprint density at radius 3 is 2.67 bits per heavy atom. The molecular weight excluding hydrogens is 289 g/mol. The molecule has 0 bridgehead atoms. The first-order chi connectivity index (χ1) is 10.2. The van der Waals surface area contributed by atoms with Crippen LogP contribution in [0.5, 0.6) is 5.75 Å². The summed E-state index contributed by atoms with van der Waals surface area (Å²) < 4.78 is 19.4. The van der Waals surface area contributed by atoms with Gasteiger partial charge in [-0.1, -0.05) is 29.8 Å². The molecule has 2 aromatic rings. The van der Waals surface area contributed by atoms with Crippen molar-refractivity contribution in [2.75, 3.05) is 13.7 Å². The van der Waals surface area contributed by atoms with Crippen LogP contribution < -0.4 is 10.1 Å². The van der Waals surface area contributed by atoms with Crippen LogP contribution in [0.1, 0.15) is 24.1 Å². The monoisotopic (exact) mass is 307 g/mol. The summed E-state index contributed by atoms with van der Waals surface area (Å²) in [5.41, 5.74) is 1.57. The van der Waals surface area contributed by atoms with Gasteiger partial charge < -0.3 is 10.1 Å². The van der Waals surface area contributed by atoms with Gasteiger partial charge in [0.2, 0.25) is 0 Å². The smallest absolute Gasteiger partial charge is 0.127 e. The van der Waals surface area contributed by atoms with Gasteiger partial charge in [-0.15, -0.1) is 0 Å². The summed E-state index contributed by atoms with van der Waals surface area (Å²) in [6.45, 7) is 2.56. The van der Waals surface area contributed by atoms with Crippen molar-refractivity contribution in [2.45, 2.75) is 19.4 Å². The molecule has 1 N–H and O–H groups in total. The van der Waals surface area contributed by atoms with Gasteiger partial charge in [-0.25, -0.2) is 4.39 Å². The molecule has 0 saturated heterocycles. The number of hydrogen-bond donors (Lipinski definition) is 1. The zero-order valence-corrected chi connectivity index (χ0v) is 13.0. The van der Waals surface area contributed by atoms with Gasteiger partial charge in [0.05, 0.1) is 6.61 Å². The molecule has 2 nitrogen and oxygen atoms in total. The Morgan fingerprint density at radius 1 is 1.24 bits per heavy atom. The minimum atomic E-state index is -0.274. The van der Waals surface area contributed by atoms with Crippen LogP contribution in [0.3, 0.4) is 0 Å². The lowest BCUT2D eigenvalue weighted by atomic mass is 9.98. The average molecular weight is 308 g/mol. The van der Waals surface area contributed by atoms with Crippen LogP contribution >= 0.6 is 11.6 Å². The SMILES string of the molecule is CCOc1cccc(C(Cc2c(F)cccc2Cl)NC)c1. The molecule has 1 atom stereocenters. The number of hydrogen-bond acceptors (Lipinski definition) is 2. The molecule has 0 spiro atoms. The van der Waals surface area contributed by atoms with Crippen LogP contribution in [0.15, 0.2) is 42.5 Å². The largest absolute Gasteiger partial charge is 0.494 e. The van der Waals surface area contributed by atoms with Crippen molar-refractivity contribution in [2.24, 2.45) is 0 Å². The fourth-order valence-corrected chi connectivity index (χ4v) is 2.55. The molecule has 0 heterocycles. The first-order valence-corrected chi connectivity index (χ1v) is 7.36. The van der Waals surface area contributed by atoms with Gasteiger partial charge in [0.1, 0.15) is 11.6 Å². The second kappa shape index (κ2) is 7.43. The van der Waals surface area contributed by atoms with Gasteiger partial charge in [0, 0.05) is 16.6 Å². The summed E-state index contributed by atoms with van der Waals surface area (Å²) >= 11 is 6.11. The van der Waals surface area contributed by atoms with Gasteiger partial charge in [0.25, 0.3) is 0 Å². The highest BCUT2D eigenvalue weighted by Crippen LogP contribution is 2.27. The fraction of sp³-hybridized carbons (Fsp3) is 0.294. The molecular formula is C17H19ClFNO. The number of halogens is 2. The highest BCUT2D eigenvalue weighted by Gasteiger charge is 2.15. The standard InChI is InChI=1S/C17H19ClFNO/c1-3-21-13-7-4-6-12(10-13)17(20-2)11-14-15(18)8-5-9-16(14)19/h4-10,17,20H,3,11H2,1-2H3. The molecule has 2 rings (SSSR count). The Morgan fingerprint density at radius 2 is 2.00 bits per heavy atom. The third-order valence-corrected chi connectivity index (χ3v) is 3.74. The summed E-state index contributed by atoms with van der Waals surface area (Å²) in [4.78, 5) is 0. The van der Waals surface area contributed by atoms with Crippen molar-refractivity contribution >= 4 is 11.6 Å². The summed E-state index contributed by atoms with van der Waals surface area (Å²) in [5.74, 6) is 0.540. The van der Waals surface area contributed by atoms with E-state index in [1.807, 2.05) is 38.2 Å².